The van der Waals surface area contributed by atoms with Crippen molar-refractivity contribution in [3.63, 3.8) is 0 Å². The minimum atomic E-state index is 0.453. The van der Waals surface area contributed by atoms with E-state index < -0.39 is 0 Å². The normalized spacial score (nSPS) is 20.1. The first-order valence-corrected chi connectivity index (χ1v) is 9.27. The molecule has 1 aliphatic carbocycles. The van der Waals surface area contributed by atoms with Crippen molar-refractivity contribution in [1.29, 1.82) is 0 Å². The molecule has 1 N–H and O–H groups in total. The van der Waals surface area contributed by atoms with Gasteiger partial charge in [-0.1, -0.05) is 42.1 Å². The molecule has 3 heteroatoms. The Hall–Kier alpha value is -0.540. The first kappa shape index (κ1) is 15.4. The Morgan fingerprint density at radius 2 is 2.10 bits per heavy atom. The van der Waals surface area contributed by atoms with Gasteiger partial charge in [-0.2, -0.15) is 0 Å². The number of nitrogens with one attached hydrogen (secondary N) is 1. The summed E-state index contributed by atoms with van der Waals surface area (Å²) < 4.78 is 7.17. The Morgan fingerprint density at radius 3 is 2.86 bits per heavy atom. The van der Waals surface area contributed by atoms with E-state index in [1.54, 1.807) is 0 Å². The highest BCUT2D eigenvalue weighted by Crippen LogP contribution is 2.42. The molecule has 116 valence electrons. The summed E-state index contributed by atoms with van der Waals surface area (Å²) >= 11 is 3.69. The number of fused-ring (bicyclic) bond motifs is 1. The van der Waals surface area contributed by atoms with Crippen molar-refractivity contribution >= 4 is 15.9 Å². The predicted molar refractivity (Wildman–Crippen MR) is 91.0 cm³/mol. The van der Waals surface area contributed by atoms with Crippen LogP contribution in [0.15, 0.2) is 16.6 Å². The third-order valence-corrected chi connectivity index (χ3v) is 5.31. The second-order valence-corrected chi connectivity index (χ2v) is 7.33. The first-order valence-electron chi connectivity index (χ1n) is 8.48. The molecule has 0 spiro atoms. The van der Waals surface area contributed by atoms with E-state index in [-0.39, 0.29) is 0 Å². The summed E-state index contributed by atoms with van der Waals surface area (Å²) in [6.07, 6.45) is 9.10. The molecule has 1 atom stereocenters. The number of hydrogen-bond donors (Lipinski definition) is 1. The highest BCUT2D eigenvalue weighted by atomic mass is 79.9. The lowest BCUT2D eigenvalue weighted by molar-refractivity contribution is 0.264. The van der Waals surface area contributed by atoms with Crippen LogP contribution < -0.4 is 10.1 Å². The maximum atomic E-state index is 5.98. The van der Waals surface area contributed by atoms with Crippen LogP contribution in [0.3, 0.4) is 0 Å². The van der Waals surface area contributed by atoms with Crippen molar-refractivity contribution in [2.24, 2.45) is 5.92 Å². The van der Waals surface area contributed by atoms with E-state index in [1.165, 1.54) is 54.1 Å². The minimum absolute atomic E-state index is 0.453. The Kier molecular flexibility index (Phi) is 5.23. The van der Waals surface area contributed by atoms with Crippen LogP contribution in [-0.2, 0) is 6.42 Å². The zero-order valence-electron chi connectivity index (χ0n) is 13.0. The molecule has 1 heterocycles. The lowest BCUT2D eigenvalue weighted by atomic mass is 9.80. The topological polar surface area (TPSA) is 21.3 Å². The molecule has 1 aromatic carbocycles. The third-order valence-electron chi connectivity index (χ3n) is 4.85. The van der Waals surface area contributed by atoms with E-state index >= 15 is 0 Å². The Balaban J connectivity index is 1.91. The molecule has 1 unspecified atom stereocenters. The summed E-state index contributed by atoms with van der Waals surface area (Å²) in [4.78, 5) is 0. The molecule has 0 radical (unpaired) electrons. The van der Waals surface area contributed by atoms with Crippen molar-refractivity contribution in [2.75, 3.05) is 13.2 Å². The van der Waals surface area contributed by atoms with E-state index in [0.29, 0.717) is 6.04 Å². The van der Waals surface area contributed by atoms with Crippen molar-refractivity contribution in [3.05, 3.63) is 27.7 Å². The van der Waals surface area contributed by atoms with Gasteiger partial charge in [0.2, 0.25) is 0 Å². The predicted octanol–water partition coefficient (Wildman–Crippen LogP) is 5.01. The third kappa shape index (κ3) is 3.45. The maximum absolute atomic E-state index is 5.98. The molecular formula is C18H26BrNO. The van der Waals surface area contributed by atoms with Crippen LogP contribution in [0, 0.1) is 5.92 Å². The minimum Gasteiger partial charge on any atom is -0.493 e. The molecule has 21 heavy (non-hydrogen) atoms. The Labute approximate surface area is 136 Å². The lowest BCUT2D eigenvalue weighted by Gasteiger charge is -2.32. The van der Waals surface area contributed by atoms with Crippen LogP contribution in [-0.4, -0.2) is 13.2 Å². The fraction of sp³-hybridized carbons (Fsp3) is 0.667. The summed E-state index contributed by atoms with van der Waals surface area (Å²) in [5.74, 6) is 1.92. The van der Waals surface area contributed by atoms with Gasteiger partial charge in [0.15, 0.2) is 0 Å². The van der Waals surface area contributed by atoms with E-state index in [9.17, 15) is 0 Å². The summed E-state index contributed by atoms with van der Waals surface area (Å²) in [6, 6.07) is 4.96. The van der Waals surface area contributed by atoms with Crippen LogP contribution in [0.1, 0.15) is 62.6 Å². The van der Waals surface area contributed by atoms with Crippen LogP contribution in [0.5, 0.6) is 5.75 Å². The molecule has 0 amide bonds. The number of rotatable bonds is 5. The SMILES string of the molecule is CCCNC(c1cc(Br)cc2c1OCC2)C1CCCCC1. The highest BCUT2D eigenvalue weighted by Gasteiger charge is 2.29. The molecule has 3 rings (SSSR count). The van der Waals surface area contributed by atoms with Gasteiger partial charge < -0.3 is 10.1 Å². The number of ether oxygens (including phenoxy) is 1. The molecule has 0 bridgehead atoms. The Morgan fingerprint density at radius 1 is 1.29 bits per heavy atom. The molecule has 0 saturated heterocycles. The van der Waals surface area contributed by atoms with Gasteiger partial charge in [-0.15, -0.1) is 0 Å². The van der Waals surface area contributed by atoms with E-state index in [1.807, 2.05) is 0 Å². The van der Waals surface area contributed by atoms with Crippen LogP contribution in [0.25, 0.3) is 0 Å². The zero-order valence-corrected chi connectivity index (χ0v) is 14.5. The fourth-order valence-corrected chi connectivity index (χ4v) is 4.35. The molecule has 2 nitrogen and oxygen atoms in total. The summed E-state index contributed by atoms with van der Waals surface area (Å²) in [6.45, 7) is 4.17. The molecule has 0 aromatic heterocycles. The standard InChI is InChI=1S/C18H26BrNO/c1-2-9-20-17(13-6-4-3-5-7-13)16-12-15(19)11-14-8-10-21-18(14)16/h11-13,17,20H,2-10H2,1H3. The second kappa shape index (κ2) is 7.15. The van der Waals surface area contributed by atoms with E-state index in [2.05, 4.69) is 40.3 Å². The average Bonchev–Trinajstić information content (AvgIpc) is 2.96. The van der Waals surface area contributed by atoms with Crippen LogP contribution in [0.4, 0.5) is 0 Å². The van der Waals surface area contributed by atoms with Crippen molar-refractivity contribution in [3.8, 4) is 5.75 Å². The summed E-state index contributed by atoms with van der Waals surface area (Å²) in [7, 11) is 0. The van der Waals surface area contributed by atoms with Gasteiger partial charge in [0.1, 0.15) is 5.75 Å². The van der Waals surface area contributed by atoms with Crippen LogP contribution >= 0.6 is 15.9 Å². The molecule has 1 aromatic rings. The fourth-order valence-electron chi connectivity index (χ4n) is 3.83. The van der Waals surface area contributed by atoms with Crippen molar-refractivity contribution in [2.45, 2.75) is 57.9 Å². The van der Waals surface area contributed by atoms with Gasteiger partial charge in [0, 0.05) is 22.5 Å². The molecule has 1 saturated carbocycles. The highest BCUT2D eigenvalue weighted by molar-refractivity contribution is 9.10. The molecule has 1 fully saturated rings. The Bertz CT molecular complexity index is 482. The van der Waals surface area contributed by atoms with Crippen LogP contribution in [0.2, 0.25) is 0 Å². The van der Waals surface area contributed by atoms with Gasteiger partial charge in [0.05, 0.1) is 6.61 Å². The lowest BCUT2D eigenvalue weighted by Crippen LogP contribution is -2.30. The van der Waals surface area contributed by atoms with Crippen molar-refractivity contribution < 1.29 is 4.74 Å². The number of benzene rings is 1. The molecular weight excluding hydrogens is 326 g/mol. The largest absolute Gasteiger partial charge is 0.493 e. The second-order valence-electron chi connectivity index (χ2n) is 6.41. The van der Waals surface area contributed by atoms with Crippen molar-refractivity contribution in [1.82, 2.24) is 5.32 Å². The van der Waals surface area contributed by atoms with E-state index in [4.69, 9.17) is 4.74 Å². The van der Waals surface area contributed by atoms with Gasteiger partial charge in [0.25, 0.3) is 0 Å². The van der Waals surface area contributed by atoms with Gasteiger partial charge in [-0.3, -0.25) is 0 Å². The number of hydrogen-bond acceptors (Lipinski definition) is 2. The summed E-state index contributed by atoms with van der Waals surface area (Å²) in [5, 5.41) is 3.81. The molecule has 1 aliphatic heterocycles. The average molecular weight is 352 g/mol. The quantitative estimate of drug-likeness (QED) is 0.805. The van der Waals surface area contributed by atoms with E-state index in [0.717, 1.165) is 31.2 Å². The number of halogens is 1. The summed E-state index contributed by atoms with van der Waals surface area (Å²) in [5.41, 5.74) is 2.76. The smallest absolute Gasteiger partial charge is 0.127 e. The molecule has 2 aliphatic rings. The van der Waals surface area contributed by atoms with Gasteiger partial charge in [-0.25, -0.2) is 0 Å². The first-order chi connectivity index (χ1) is 10.3. The monoisotopic (exact) mass is 351 g/mol. The maximum Gasteiger partial charge on any atom is 0.127 e. The van der Waals surface area contributed by atoms with Gasteiger partial charge >= 0.3 is 0 Å². The van der Waals surface area contributed by atoms with Gasteiger partial charge in [-0.05, 0) is 49.4 Å². The zero-order chi connectivity index (χ0) is 14.7.